The van der Waals surface area contributed by atoms with E-state index in [1.807, 2.05) is 0 Å². The zero-order valence-electron chi connectivity index (χ0n) is 10.2. The van der Waals surface area contributed by atoms with E-state index in [-0.39, 0.29) is 5.91 Å². The molecule has 0 spiro atoms. The Morgan fingerprint density at radius 1 is 1.33 bits per heavy atom. The number of hydrogen-bond acceptors (Lipinski definition) is 1. The number of benzene rings is 1. The van der Waals surface area contributed by atoms with Gasteiger partial charge in [0.1, 0.15) is 0 Å². The molecule has 1 saturated carbocycles. The van der Waals surface area contributed by atoms with Gasteiger partial charge in [0, 0.05) is 16.6 Å². The molecule has 1 fully saturated rings. The van der Waals surface area contributed by atoms with E-state index < -0.39 is 0 Å². The molecule has 1 aromatic rings. The lowest BCUT2D eigenvalue weighted by molar-refractivity contribution is 0.0943. The number of carbonyl (C=O) groups is 1. The number of nitrogens with one attached hydrogen (secondary N) is 1. The first-order valence-corrected chi connectivity index (χ1v) is 7.57. The van der Waals surface area contributed by atoms with Crippen molar-refractivity contribution in [3.63, 3.8) is 0 Å². The monoisotopic (exact) mass is 329 g/mol. The zero-order valence-corrected chi connectivity index (χ0v) is 12.6. The lowest BCUT2D eigenvalue weighted by atomic mass is 9.89. The average molecular weight is 331 g/mol. The lowest BCUT2D eigenvalue weighted by Gasteiger charge is -2.21. The van der Waals surface area contributed by atoms with E-state index in [2.05, 4.69) is 21.2 Å². The van der Waals surface area contributed by atoms with Crippen LogP contribution in [0.4, 0.5) is 0 Å². The van der Waals surface area contributed by atoms with Crippen molar-refractivity contribution >= 4 is 33.4 Å². The predicted molar refractivity (Wildman–Crippen MR) is 78.1 cm³/mol. The summed E-state index contributed by atoms with van der Waals surface area (Å²) < 4.78 is 0.813. The first kappa shape index (κ1) is 13.9. The molecular weight excluding hydrogens is 314 g/mol. The van der Waals surface area contributed by atoms with E-state index in [4.69, 9.17) is 11.6 Å². The van der Waals surface area contributed by atoms with E-state index in [0.717, 1.165) is 11.0 Å². The van der Waals surface area contributed by atoms with Crippen LogP contribution in [0.15, 0.2) is 22.7 Å². The summed E-state index contributed by atoms with van der Waals surface area (Å²) >= 11 is 9.30. The van der Waals surface area contributed by atoms with Gasteiger partial charge in [-0.2, -0.15) is 0 Å². The van der Waals surface area contributed by atoms with Gasteiger partial charge in [0.25, 0.3) is 5.91 Å². The number of rotatable bonds is 3. The Labute approximate surface area is 121 Å². The Bertz CT molecular complexity index is 430. The van der Waals surface area contributed by atoms with Gasteiger partial charge in [0.05, 0.1) is 5.02 Å². The summed E-state index contributed by atoms with van der Waals surface area (Å²) in [6, 6.07) is 5.28. The summed E-state index contributed by atoms with van der Waals surface area (Å²) in [5.74, 6) is 0.614. The van der Waals surface area contributed by atoms with Crippen molar-refractivity contribution in [2.45, 2.75) is 32.1 Å². The van der Waals surface area contributed by atoms with Gasteiger partial charge in [-0.05, 0) is 52.9 Å². The zero-order chi connectivity index (χ0) is 13.0. The van der Waals surface area contributed by atoms with Gasteiger partial charge < -0.3 is 5.32 Å². The maximum atomic E-state index is 12.0. The quantitative estimate of drug-likeness (QED) is 0.873. The molecule has 0 aromatic heterocycles. The summed E-state index contributed by atoms with van der Waals surface area (Å²) in [6.07, 6.45) is 6.41. The van der Waals surface area contributed by atoms with Crippen LogP contribution in [0.25, 0.3) is 0 Å². The number of hydrogen-bond donors (Lipinski definition) is 1. The summed E-state index contributed by atoms with van der Waals surface area (Å²) in [4.78, 5) is 12.0. The van der Waals surface area contributed by atoms with Crippen LogP contribution in [0.5, 0.6) is 0 Å². The van der Waals surface area contributed by atoms with Crippen molar-refractivity contribution in [1.82, 2.24) is 5.32 Å². The molecule has 1 amide bonds. The second kappa shape index (κ2) is 6.58. The number of carbonyl (C=O) groups excluding carboxylic acids is 1. The topological polar surface area (TPSA) is 29.1 Å². The molecule has 1 aliphatic carbocycles. The van der Waals surface area contributed by atoms with Crippen molar-refractivity contribution < 1.29 is 4.79 Å². The van der Waals surface area contributed by atoms with Crippen LogP contribution in [0, 0.1) is 5.92 Å². The van der Waals surface area contributed by atoms with Crippen LogP contribution in [-0.4, -0.2) is 12.5 Å². The summed E-state index contributed by atoms with van der Waals surface area (Å²) in [5, 5.41) is 3.57. The first-order valence-electron chi connectivity index (χ1n) is 6.40. The fourth-order valence-electron chi connectivity index (χ4n) is 2.37. The normalized spacial score (nSPS) is 16.6. The minimum absolute atomic E-state index is 0.0324. The van der Waals surface area contributed by atoms with E-state index in [1.165, 1.54) is 32.1 Å². The molecule has 1 aliphatic rings. The van der Waals surface area contributed by atoms with E-state index in [1.54, 1.807) is 18.2 Å². The molecule has 98 valence electrons. The Morgan fingerprint density at radius 3 is 2.72 bits per heavy atom. The maximum absolute atomic E-state index is 12.0. The van der Waals surface area contributed by atoms with E-state index >= 15 is 0 Å². The molecular formula is C14H17BrClNO. The minimum atomic E-state index is -0.0324. The number of amides is 1. The standard InChI is InChI=1S/C14H17BrClNO/c15-12-7-6-11(8-13(12)16)14(18)17-9-10-4-2-1-3-5-10/h6-8,10H,1-5,9H2,(H,17,18). The highest BCUT2D eigenvalue weighted by atomic mass is 79.9. The molecule has 4 heteroatoms. The van der Waals surface area contributed by atoms with Crippen molar-refractivity contribution in [1.29, 1.82) is 0 Å². The maximum Gasteiger partial charge on any atom is 0.251 e. The largest absolute Gasteiger partial charge is 0.352 e. The summed E-state index contributed by atoms with van der Waals surface area (Å²) in [6.45, 7) is 0.784. The average Bonchev–Trinajstić information content (AvgIpc) is 2.40. The summed E-state index contributed by atoms with van der Waals surface area (Å²) in [7, 11) is 0. The molecule has 0 bridgehead atoms. The van der Waals surface area contributed by atoms with Crippen molar-refractivity contribution in [2.75, 3.05) is 6.54 Å². The van der Waals surface area contributed by atoms with Crippen molar-refractivity contribution in [3.05, 3.63) is 33.3 Å². The van der Waals surface area contributed by atoms with Crippen LogP contribution < -0.4 is 5.32 Å². The van der Waals surface area contributed by atoms with Crippen LogP contribution in [0.3, 0.4) is 0 Å². The fourth-order valence-corrected chi connectivity index (χ4v) is 2.79. The Kier molecular flexibility index (Phi) is 5.07. The Morgan fingerprint density at radius 2 is 2.06 bits per heavy atom. The highest BCUT2D eigenvalue weighted by molar-refractivity contribution is 9.10. The Hall–Kier alpha value is -0.540. The molecule has 0 unspecified atom stereocenters. The third-order valence-electron chi connectivity index (χ3n) is 3.46. The first-order chi connectivity index (χ1) is 8.66. The molecule has 2 nitrogen and oxygen atoms in total. The SMILES string of the molecule is O=C(NCC1CCCCC1)c1ccc(Br)c(Cl)c1. The third-order valence-corrected chi connectivity index (χ3v) is 4.69. The second-order valence-corrected chi connectivity index (χ2v) is 6.10. The lowest BCUT2D eigenvalue weighted by Crippen LogP contribution is -2.30. The summed E-state index contributed by atoms with van der Waals surface area (Å²) in [5.41, 5.74) is 0.624. The highest BCUT2D eigenvalue weighted by Gasteiger charge is 2.15. The molecule has 0 saturated heterocycles. The molecule has 1 N–H and O–H groups in total. The molecule has 18 heavy (non-hydrogen) atoms. The molecule has 0 heterocycles. The molecule has 0 radical (unpaired) electrons. The molecule has 2 rings (SSSR count). The van der Waals surface area contributed by atoms with Gasteiger partial charge in [0.2, 0.25) is 0 Å². The van der Waals surface area contributed by atoms with Crippen LogP contribution in [-0.2, 0) is 0 Å². The van der Waals surface area contributed by atoms with Gasteiger partial charge in [-0.15, -0.1) is 0 Å². The van der Waals surface area contributed by atoms with Gasteiger partial charge in [0.15, 0.2) is 0 Å². The molecule has 0 atom stereocenters. The predicted octanol–water partition coefficient (Wildman–Crippen LogP) is 4.41. The van der Waals surface area contributed by atoms with Crippen LogP contribution in [0.2, 0.25) is 5.02 Å². The van der Waals surface area contributed by atoms with Gasteiger partial charge in [-0.3, -0.25) is 4.79 Å². The minimum Gasteiger partial charge on any atom is -0.352 e. The van der Waals surface area contributed by atoms with Crippen LogP contribution in [0.1, 0.15) is 42.5 Å². The third kappa shape index (κ3) is 3.72. The second-order valence-electron chi connectivity index (χ2n) is 4.84. The van der Waals surface area contributed by atoms with Gasteiger partial charge >= 0.3 is 0 Å². The van der Waals surface area contributed by atoms with E-state index in [0.29, 0.717) is 16.5 Å². The molecule has 1 aromatic carbocycles. The smallest absolute Gasteiger partial charge is 0.251 e. The van der Waals surface area contributed by atoms with Gasteiger partial charge in [-0.1, -0.05) is 30.9 Å². The van der Waals surface area contributed by atoms with Crippen molar-refractivity contribution in [3.8, 4) is 0 Å². The van der Waals surface area contributed by atoms with Gasteiger partial charge in [-0.25, -0.2) is 0 Å². The molecule has 0 aliphatic heterocycles. The van der Waals surface area contributed by atoms with Crippen molar-refractivity contribution in [2.24, 2.45) is 5.92 Å². The highest BCUT2D eigenvalue weighted by Crippen LogP contribution is 2.24. The fraction of sp³-hybridized carbons (Fsp3) is 0.500. The van der Waals surface area contributed by atoms with Crippen LogP contribution >= 0.6 is 27.5 Å². The van der Waals surface area contributed by atoms with E-state index in [9.17, 15) is 4.79 Å². The number of halogens is 2. The Balaban J connectivity index is 1.88.